The van der Waals surface area contributed by atoms with Gasteiger partial charge in [0.05, 0.1) is 5.92 Å². The molecule has 1 N–H and O–H groups in total. The normalized spacial score (nSPS) is 18.5. The zero-order valence-corrected chi connectivity index (χ0v) is 19.2. The third-order valence-electron chi connectivity index (χ3n) is 5.98. The first-order valence-corrected chi connectivity index (χ1v) is 11.4. The first-order chi connectivity index (χ1) is 14.9. The summed E-state index contributed by atoms with van der Waals surface area (Å²) in [7, 11) is 0. The van der Waals surface area contributed by atoms with E-state index in [4.69, 9.17) is 0 Å². The van der Waals surface area contributed by atoms with Crippen molar-refractivity contribution in [3.63, 3.8) is 0 Å². The summed E-state index contributed by atoms with van der Waals surface area (Å²) < 4.78 is 0.989. The smallest absolute Gasteiger partial charge is 0.253 e. The molecule has 7 heteroatoms. The van der Waals surface area contributed by atoms with Gasteiger partial charge in [-0.3, -0.25) is 14.4 Å². The second kappa shape index (κ2) is 9.22. The molecule has 2 heterocycles. The van der Waals surface area contributed by atoms with Crippen molar-refractivity contribution < 1.29 is 14.4 Å². The Bertz CT molecular complexity index is 1020. The first-order valence-electron chi connectivity index (χ1n) is 10.6. The van der Waals surface area contributed by atoms with Gasteiger partial charge in [0.15, 0.2) is 0 Å². The molecule has 1 atom stereocenters. The van der Waals surface area contributed by atoms with E-state index in [2.05, 4.69) is 21.2 Å². The second-order valence-electron chi connectivity index (χ2n) is 8.26. The number of anilines is 1. The molecule has 2 aliphatic rings. The number of amides is 3. The largest absolute Gasteiger partial charge is 0.352 e. The van der Waals surface area contributed by atoms with Crippen molar-refractivity contribution >= 4 is 39.3 Å². The van der Waals surface area contributed by atoms with Gasteiger partial charge in [0.2, 0.25) is 11.8 Å². The van der Waals surface area contributed by atoms with Crippen molar-refractivity contribution in [1.82, 2.24) is 10.2 Å². The predicted molar refractivity (Wildman–Crippen MR) is 123 cm³/mol. The summed E-state index contributed by atoms with van der Waals surface area (Å²) in [6, 6.07) is 13.2. The second-order valence-corrected chi connectivity index (χ2v) is 9.11. The lowest BCUT2D eigenvalue weighted by Crippen LogP contribution is -2.32. The number of hydrogen-bond donors (Lipinski definition) is 1. The third kappa shape index (κ3) is 4.82. The maximum atomic E-state index is 12.7. The highest BCUT2D eigenvalue weighted by molar-refractivity contribution is 9.10. The van der Waals surface area contributed by atoms with Gasteiger partial charge >= 0.3 is 0 Å². The maximum Gasteiger partial charge on any atom is 0.253 e. The quantitative estimate of drug-likeness (QED) is 0.705. The van der Waals surface area contributed by atoms with Crippen molar-refractivity contribution in [3.8, 4) is 0 Å². The molecule has 2 saturated heterocycles. The van der Waals surface area contributed by atoms with E-state index in [1.165, 1.54) is 0 Å². The van der Waals surface area contributed by atoms with Crippen LogP contribution in [0.25, 0.3) is 0 Å². The Morgan fingerprint density at radius 1 is 1.13 bits per heavy atom. The lowest BCUT2D eigenvalue weighted by atomic mass is 10.1. The third-order valence-corrected chi connectivity index (χ3v) is 6.87. The van der Waals surface area contributed by atoms with E-state index >= 15 is 0 Å². The van der Waals surface area contributed by atoms with Crippen LogP contribution in [0, 0.1) is 12.8 Å². The Balaban J connectivity index is 1.36. The molecule has 1 unspecified atom stereocenters. The van der Waals surface area contributed by atoms with Crippen LogP contribution in [0.5, 0.6) is 0 Å². The SMILES string of the molecule is Cc1cc(N2CC(C(=O)NCc3cccc(C(=O)N4CCCC4)c3)CC2=O)ccc1Br. The number of aryl methyl sites for hydroxylation is 1. The molecule has 4 rings (SSSR count). The maximum absolute atomic E-state index is 12.7. The Morgan fingerprint density at radius 2 is 1.90 bits per heavy atom. The highest BCUT2D eigenvalue weighted by Crippen LogP contribution is 2.28. The molecule has 2 aromatic rings. The minimum absolute atomic E-state index is 0.0416. The minimum Gasteiger partial charge on any atom is -0.352 e. The van der Waals surface area contributed by atoms with Crippen molar-refractivity contribution in [2.45, 2.75) is 32.7 Å². The highest BCUT2D eigenvalue weighted by Gasteiger charge is 2.35. The van der Waals surface area contributed by atoms with Crippen LogP contribution in [-0.2, 0) is 16.1 Å². The standard InChI is InChI=1S/C24H26BrN3O3/c1-16-11-20(7-8-21(16)25)28-15-19(13-22(28)29)23(30)26-14-17-5-4-6-18(12-17)24(31)27-9-2-3-10-27/h4-8,11-12,19H,2-3,9-10,13-15H2,1H3,(H,26,30). The van der Waals surface area contributed by atoms with Gasteiger partial charge in [0.25, 0.3) is 5.91 Å². The number of halogens is 1. The molecule has 162 valence electrons. The van der Waals surface area contributed by atoms with Crippen LogP contribution in [0.1, 0.15) is 40.7 Å². The molecular weight excluding hydrogens is 458 g/mol. The zero-order valence-electron chi connectivity index (χ0n) is 17.6. The summed E-state index contributed by atoms with van der Waals surface area (Å²) in [5.41, 5.74) is 3.39. The van der Waals surface area contributed by atoms with Crippen LogP contribution in [-0.4, -0.2) is 42.3 Å². The number of nitrogens with zero attached hydrogens (tertiary/aromatic N) is 2. The van der Waals surface area contributed by atoms with Crippen LogP contribution < -0.4 is 10.2 Å². The fourth-order valence-corrected chi connectivity index (χ4v) is 4.43. The van der Waals surface area contributed by atoms with Gasteiger partial charge in [0, 0.05) is 48.3 Å². The summed E-state index contributed by atoms with van der Waals surface area (Å²) in [6.07, 6.45) is 2.31. The number of likely N-dealkylation sites (tertiary alicyclic amines) is 1. The molecule has 31 heavy (non-hydrogen) atoms. The fourth-order valence-electron chi connectivity index (χ4n) is 4.18. The van der Waals surface area contributed by atoms with E-state index in [9.17, 15) is 14.4 Å². The summed E-state index contributed by atoms with van der Waals surface area (Å²) >= 11 is 3.47. The molecule has 0 saturated carbocycles. The Kier molecular flexibility index (Phi) is 6.41. The molecule has 0 radical (unpaired) electrons. The van der Waals surface area contributed by atoms with E-state index in [1.54, 1.807) is 4.90 Å². The molecule has 3 amide bonds. The van der Waals surface area contributed by atoms with Gasteiger partial charge in [-0.15, -0.1) is 0 Å². The fraction of sp³-hybridized carbons (Fsp3) is 0.375. The molecule has 2 aromatic carbocycles. The van der Waals surface area contributed by atoms with E-state index in [0.29, 0.717) is 18.7 Å². The summed E-state index contributed by atoms with van der Waals surface area (Å²) in [4.78, 5) is 41.4. The van der Waals surface area contributed by atoms with Crippen LogP contribution in [0.4, 0.5) is 5.69 Å². The molecule has 0 bridgehead atoms. The summed E-state index contributed by atoms with van der Waals surface area (Å²) in [5, 5.41) is 2.94. The Morgan fingerprint density at radius 3 is 2.65 bits per heavy atom. The van der Waals surface area contributed by atoms with Crippen LogP contribution in [0.15, 0.2) is 46.9 Å². The van der Waals surface area contributed by atoms with E-state index in [-0.39, 0.29) is 30.1 Å². The van der Waals surface area contributed by atoms with Crippen molar-refractivity contribution in [2.24, 2.45) is 5.92 Å². The highest BCUT2D eigenvalue weighted by atomic mass is 79.9. The van der Waals surface area contributed by atoms with Crippen molar-refractivity contribution in [1.29, 1.82) is 0 Å². The number of benzene rings is 2. The van der Waals surface area contributed by atoms with Crippen LogP contribution in [0.2, 0.25) is 0 Å². The van der Waals surface area contributed by atoms with Crippen molar-refractivity contribution in [2.75, 3.05) is 24.5 Å². The Hall–Kier alpha value is -2.67. The Labute approximate surface area is 190 Å². The topological polar surface area (TPSA) is 69.7 Å². The van der Waals surface area contributed by atoms with E-state index < -0.39 is 0 Å². The molecule has 6 nitrogen and oxygen atoms in total. The lowest BCUT2D eigenvalue weighted by molar-refractivity contribution is -0.126. The average molecular weight is 484 g/mol. The molecule has 0 aromatic heterocycles. The van der Waals surface area contributed by atoms with Gasteiger partial charge < -0.3 is 15.1 Å². The van der Waals surface area contributed by atoms with Gasteiger partial charge in [0.1, 0.15) is 0 Å². The van der Waals surface area contributed by atoms with Crippen molar-refractivity contribution in [3.05, 3.63) is 63.6 Å². The van der Waals surface area contributed by atoms with E-state index in [0.717, 1.165) is 47.2 Å². The number of rotatable bonds is 5. The number of carbonyl (C=O) groups is 3. The summed E-state index contributed by atoms with van der Waals surface area (Å²) in [6.45, 7) is 4.30. The number of nitrogens with one attached hydrogen (secondary N) is 1. The van der Waals surface area contributed by atoms with Gasteiger partial charge in [-0.05, 0) is 61.2 Å². The average Bonchev–Trinajstić information content (AvgIpc) is 3.44. The number of carbonyl (C=O) groups excluding carboxylic acids is 3. The summed E-state index contributed by atoms with van der Waals surface area (Å²) in [5.74, 6) is -0.514. The first kappa shape index (κ1) is 21.6. The van der Waals surface area contributed by atoms with Crippen LogP contribution in [0.3, 0.4) is 0 Å². The van der Waals surface area contributed by atoms with E-state index in [1.807, 2.05) is 54.3 Å². The molecule has 0 aliphatic carbocycles. The van der Waals surface area contributed by atoms with Gasteiger partial charge in [-0.1, -0.05) is 28.1 Å². The molecule has 2 aliphatic heterocycles. The molecular formula is C24H26BrN3O3. The molecule has 0 spiro atoms. The minimum atomic E-state index is -0.383. The monoisotopic (exact) mass is 483 g/mol. The number of hydrogen-bond acceptors (Lipinski definition) is 3. The lowest BCUT2D eigenvalue weighted by Gasteiger charge is -2.18. The molecule has 2 fully saturated rings. The predicted octanol–water partition coefficient (Wildman–Crippen LogP) is 3.66. The van der Waals surface area contributed by atoms with Gasteiger partial charge in [-0.2, -0.15) is 0 Å². The van der Waals surface area contributed by atoms with Crippen LogP contribution >= 0.6 is 15.9 Å². The zero-order chi connectivity index (χ0) is 22.0. The van der Waals surface area contributed by atoms with Gasteiger partial charge in [-0.25, -0.2) is 0 Å².